The van der Waals surface area contributed by atoms with Gasteiger partial charge in [-0.05, 0) is 5.92 Å². The first-order valence-corrected chi connectivity index (χ1v) is 6.47. The summed E-state index contributed by atoms with van der Waals surface area (Å²) in [7, 11) is 1.69. The van der Waals surface area contributed by atoms with Crippen LogP contribution in [-0.4, -0.2) is 48.3 Å². The molecule has 18 heavy (non-hydrogen) atoms. The topological polar surface area (TPSA) is 64.4 Å². The molecule has 0 bridgehead atoms. The summed E-state index contributed by atoms with van der Waals surface area (Å²) in [6.45, 7) is 3.83. The van der Waals surface area contributed by atoms with Crippen molar-refractivity contribution in [3.05, 3.63) is 0 Å². The molecule has 0 aromatic carbocycles. The van der Waals surface area contributed by atoms with Gasteiger partial charge in [-0.15, -0.1) is 0 Å². The van der Waals surface area contributed by atoms with Crippen LogP contribution in [0, 0.1) is 17.2 Å². The minimum atomic E-state index is -0.00185. The predicted octanol–water partition coefficient (Wildman–Crippen LogP) is 1.01. The maximum Gasteiger partial charge on any atom is 0.224 e. The Morgan fingerprint density at radius 2 is 2.33 bits per heavy atom. The summed E-state index contributed by atoms with van der Waals surface area (Å²) in [5.41, 5.74) is 0. The zero-order valence-electron chi connectivity index (χ0n) is 11.2. The van der Waals surface area contributed by atoms with Crippen molar-refractivity contribution < 1.29 is 9.59 Å². The fourth-order valence-electron chi connectivity index (χ4n) is 2.11. The van der Waals surface area contributed by atoms with Crippen LogP contribution in [0.4, 0.5) is 0 Å². The number of amides is 2. The van der Waals surface area contributed by atoms with Crippen LogP contribution in [0.15, 0.2) is 0 Å². The molecule has 1 atom stereocenters. The number of hydrogen-bond acceptors (Lipinski definition) is 3. The summed E-state index contributed by atoms with van der Waals surface area (Å²) in [5.74, 6) is 0.608. The molecule has 0 N–H and O–H groups in total. The van der Waals surface area contributed by atoms with E-state index in [9.17, 15) is 9.59 Å². The lowest BCUT2D eigenvalue weighted by Crippen LogP contribution is -2.33. The second-order valence-electron chi connectivity index (χ2n) is 4.79. The average molecular weight is 251 g/mol. The largest absolute Gasteiger partial charge is 0.345 e. The van der Waals surface area contributed by atoms with Gasteiger partial charge in [0.1, 0.15) is 0 Å². The van der Waals surface area contributed by atoms with E-state index < -0.39 is 0 Å². The van der Waals surface area contributed by atoms with Crippen molar-refractivity contribution in [1.29, 1.82) is 5.26 Å². The summed E-state index contributed by atoms with van der Waals surface area (Å²) in [6, 6.07) is 2.01. The standard InChI is InChI=1S/C13H21N3O2/c1-3-11-9-13(18)16(10-11)8-5-12(17)15(2)7-4-6-14/h11H,3-5,7-10H2,1-2H3. The van der Waals surface area contributed by atoms with Crippen LogP contribution in [0.3, 0.4) is 0 Å². The lowest BCUT2D eigenvalue weighted by Gasteiger charge is -2.19. The number of rotatable bonds is 6. The van der Waals surface area contributed by atoms with Gasteiger partial charge in [0.05, 0.1) is 12.5 Å². The normalized spacial score (nSPS) is 18.8. The van der Waals surface area contributed by atoms with Crippen LogP contribution in [0.25, 0.3) is 0 Å². The number of nitriles is 1. The molecule has 2 amide bonds. The molecule has 1 rings (SSSR count). The van der Waals surface area contributed by atoms with Gasteiger partial charge in [0.25, 0.3) is 0 Å². The second-order valence-corrected chi connectivity index (χ2v) is 4.79. The third-order valence-electron chi connectivity index (χ3n) is 3.45. The zero-order valence-corrected chi connectivity index (χ0v) is 11.2. The van der Waals surface area contributed by atoms with Crippen molar-refractivity contribution in [3.8, 4) is 6.07 Å². The van der Waals surface area contributed by atoms with E-state index in [1.54, 1.807) is 16.8 Å². The van der Waals surface area contributed by atoms with Gasteiger partial charge in [-0.3, -0.25) is 9.59 Å². The SMILES string of the molecule is CCC1CC(=O)N(CCC(=O)N(C)CCC#N)C1. The molecule has 1 aliphatic rings. The molecule has 0 saturated carbocycles. The van der Waals surface area contributed by atoms with Crippen molar-refractivity contribution in [2.45, 2.75) is 32.6 Å². The first kappa shape index (κ1) is 14.5. The van der Waals surface area contributed by atoms with Crippen molar-refractivity contribution in [3.63, 3.8) is 0 Å². The lowest BCUT2D eigenvalue weighted by molar-refractivity contribution is -0.131. The molecule has 0 radical (unpaired) electrons. The van der Waals surface area contributed by atoms with E-state index in [0.717, 1.165) is 13.0 Å². The minimum absolute atomic E-state index is 0.00185. The Labute approximate surface area is 108 Å². The highest BCUT2D eigenvalue weighted by atomic mass is 16.2. The monoisotopic (exact) mass is 251 g/mol. The van der Waals surface area contributed by atoms with Crippen molar-refractivity contribution in [2.24, 2.45) is 5.92 Å². The molecule has 0 spiro atoms. The van der Waals surface area contributed by atoms with Gasteiger partial charge in [-0.2, -0.15) is 5.26 Å². The van der Waals surface area contributed by atoms with E-state index in [1.807, 2.05) is 6.07 Å². The Hall–Kier alpha value is -1.57. The number of nitrogens with zero attached hydrogens (tertiary/aromatic N) is 3. The fourth-order valence-corrected chi connectivity index (χ4v) is 2.11. The van der Waals surface area contributed by atoms with Gasteiger partial charge in [0.2, 0.25) is 11.8 Å². The average Bonchev–Trinajstić information content (AvgIpc) is 2.73. The van der Waals surface area contributed by atoms with Crippen LogP contribution in [0.5, 0.6) is 0 Å². The minimum Gasteiger partial charge on any atom is -0.345 e. The second kappa shape index (κ2) is 7.00. The maximum atomic E-state index is 11.7. The van der Waals surface area contributed by atoms with E-state index in [0.29, 0.717) is 38.3 Å². The quantitative estimate of drug-likeness (QED) is 0.707. The van der Waals surface area contributed by atoms with Gasteiger partial charge in [0.15, 0.2) is 0 Å². The molecule has 0 aromatic heterocycles. The highest BCUT2D eigenvalue weighted by molar-refractivity contribution is 5.80. The van der Waals surface area contributed by atoms with Crippen LogP contribution >= 0.6 is 0 Å². The highest BCUT2D eigenvalue weighted by Gasteiger charge is 2.28. The first-order valence-electron chi connectivity index (χ1n) is 6.47. The van der Waals surface area contributed by atoms with Gasteiger partial charge >= 0.3 is 0 Å². The Balaban J connectivity index is 2.30. The molecule has 1 unspecified atom stereocenters. The van der Waals surface area contributed by atoms with Crippen molar-refractivity contribution >= 4 is 11.8 Å². The van der Waals surface area contributed by atoms with Gasteiger partial charge in [-0.25, -0.2) is 0 Å². The summed E-state index contributed by atoms with van der Waals surface area (Å²) in [4.78, 5) is 26.7. The highest BCUT2D eigenvalue weighted by Crippen LogP contribution is 2.20. The van der Waals surface area contributed by atoms with Crippen molar-refractivity contribution in [1.82, 2.24) is 9.80 Å². The molecule has 0 aliphatic carbocycles. The van der Waals surface area contributed by atoms with Crippen LogP contribution < -0.4 is 0 Å². The van der Waals surface area contributed by atoms with Gasteiger partial charge in [-0.1, -0.05) is 13.3 Å². The van der Waals surface area contributed by atoms with Crippen molar-refractivity contribution in [2.75, 3.05) is 26.7 Å². The maximum absolute atomic E-state index is 11.7. The molecule has 1 fully saturated rings. The molecule has 1 aliphatic heterocycles. The molecule has 1 saturated heterocycles. The molecule has 5 heteroatoms. The summed E-state index contributed by atoms with van der Waals surface area (Å²) in [6.07, 6.45) is 2.33. The predicted molar refractivity (Wildman–Crippen MR) is 67.5 cm³/mol. The molecule has 1 heterocycles. The Bertz CT molecular complexity index is 349. The number of likely N-dealkylation sites (tertiary alicyclic amines) is 1. The van der Waals surface area contributed by atoms with Gasteiger partial charge < -0.3 is 9.80 Å². The molecular weight excluding hydrogens is 230 g/mol. The van der Waals surface area contributed by atoms with E-state index in [-0.39, 0.29) is 11.8 Å². The van der Waals surface area contributed by atoms with E-state index >= 15 is 0 Å². The molecule has 100 valence electrons. The van der Waals surface area contributed by atoms with Crippen LogP contribution in [-0.2, 0) is 9.59 Å². The Kier molecular flexibility index (Phi) is 5.63. The summed E-state index contributed by atoms with van der Waals surface area (Å²) in [5, 5.41) is 8.45. The van der Waals surface area contributed by atoms with Gasteiger partial charge in [0, 0.05) is 39.5 Å². The smallest absolute Gasteiger partial charge is 0.224 e. The number of carbonyl (C=O) groups is 2. The van der Waals surface area contributed by atoms with E-state index in [4.69, 9.17) is 5.26 Å². The molecular formula is C13H21N3O2. The summed E-state index contributed by atoms with van der Waals surface area (Å²) < 4.78 is 0. The fraction of sp³-hybridized carbons (Fsp3) is 0.769. The summed E-state index contributed by atoms with van der Waals surface area (Å²) >= 11 is 0. The van der Waals surface area contributed by atoms with Crippen LogP contribution in [0.1, 0.15) is 32.6 Å². The zero-order chi connectivity index (χ0) is 13.5. The lowest BCUT2D eigenvalue weighted by atomic mass is 10.1. The number of hydrogen-bond donors (Lipinski definition) is 0. The van der Waals surface area contributed by atoms with E-state index in [2.05, 4.69) is 6.92 Å². The first-order chi connectivity index (χ1) is 8.58. The number of carbonyl (C=O) groups excluding carboxylic acids is 2. The van der Waals surface area contributed by atoms with E-state index in [1.165, 1.54) is 0 Å². The third-order valence-corrected chi connectivity index (χ3v) is 3.45. The molecule has 5 nitrogen and oxygen atoms in total. The Morgan fingerprint density at radius 1 is 1.61 bits per heavy atom. The van der Waals surface area contributed by atoms with Crippen LogP contribution in [0.2, 0.25) is 0 Å². The third kappa shape index (κ3) is 4.02. The Morgan fingerprint density at radius 3 is 2.89 bits per heavy atom. The molecule has 0 aromatic rings.